The third-order valence-corrected chi connectivity index (χ3v) is 4.07. The second-order valence-electron chi connectivity index (χ2n) is 5.50. The zero-order valence-electron chi connectivity index (χ0n) is 12.7. The van der Waals surface area contributed by atoms with Crippen LogP contribution in [0.2, 0.25) is 0 Å². The maximum Gasteiger partial charge on any atom is 0.416 e. The van der Waals surface area contributed by atoms with Crippen LogP contribution in [-0.4, -0.2) is 19.1 Å². The van der Waals surface area contributed by atoms with E-state index in [4.69, 9.17) is 10.5 Å². The number of carbonyl (C=O) groups excluding carboxylic acids is 1. The van der Waals surface area contributed by atoms with Crippen LogP contribution >= 0.6 is 0 Å². The van der Waals surface area contributed by atoms with Crippen molar-refractivity contribution in [1.29, 1.82) is 0 Å². The van der Waals surface area contributed by atoms with Gasteiger partial charge in [-0.05, 0) is 42.0 Å². The number of methoxy groups -OCH3 is 1. The van der Waals surface area contributed by atoms with Gasteiger partial charge in [-0.15, -0.1) is 0 Å². The molecular formula is C17H15F3N2O2. The van der Waals surface area contributed by atoms with Crippen LogP contribution in [0.3, 0.4) is 0 Å². The molecule has 1 aliphatic heterocycles. The Morgan fingerprint density at radius 1 is 1.04 bits per heavy atom. The third kappa shape index (κ3) is 2.71. The molecule has 1 amide bonds. The van der Waals surface area contributed by atoms with E-state index < -0.39 is 23.8 Å². The number of hydrogen-bond donors (Lipinski definition) is 1. The second-order valence-corrected chi connectivity index (χ2v) is 5.50. The summed E-state index contributed by atoms with van der Waals surface area (Å²) in [6.07, 6.45) is -4.41. The summed E-state index contributed by atoms with van der Waals surface area (Å²) in [4.78, 5) is 13.5. The Hall–Kier alpha value is -2.54. The molecule has 24 heavy (non-hydrogen) atoms. The van der Waals surface area contributed by atoms with Crippen LogP contribution < -0.4 is 15.4 Å². The molecule has 0 aromatic heterocycles. The molecule has 7 heteroatoms. The summed E-state index contributed by atoms with van der Waals surface area (Å²) in [5, 5.41) is 0. The van der Waals surface area contributed by atoms with Crippen molar-refractivity contribution in [3.63, 3.8) is 0 Å². The fourth-order valence-corrected chi connectivity index (χ4v) is 2.77. The van der Waals surface area contributed by atoms with E-state index in [1.54, 1.807) is 31.4 Å². The normalized spacial score (nSPS) is 20.7. The molecule has 0 aliphatic carbocycles. The van der Waals surface area contributed by atoms with Crippen LogP contribution in [0.5, 0.6) is 5.75 Å². The number of hydrogen-bond acceptors (Lipinski definition) is 3. The van der Waals surface area contributed by atoms with Crippen molar-refractivity contribution in [3.05, 3.63) is 59.7 Å². The summed E-state index contributed by atoms with van der Waals surface area (Å²) in [6, 6.07) is 10.4. The molecule has 4 nitrogen and oxygen atoms in total. The number of halogens is 3. The molecule has 0 spiro atoms. The number of β-lactam (4-membered cyclic amide) rings is 1. The molecule has 0 saturated carbocycles. The first-order valence-corrected chi connectivity index (χ1v) is 7.23. The molecule has 0 bridgehead atoms. The number of amides is 1. The number of nitrogens with zero attached hydrogens (tertiary/aromatic N) is 1. The molecule has 1 saturated heterocycles. The molecule has 1 fully saturated rings. The topological polar surface area (TPSA) is 55.6 Å². The van der Waals surface area contributed by atoms with Gasteiger partial charge >= 0.3 is 6.18 Å². The third-order valence-electron chi connectivity index (χ3n) is 4.07. The number of alkyl halides is 3. The Balaban J connectivity index is 1.89. The van der Waals surface area contributed by atoms with Gasteiger partial charge in [0.25, 0.3) is 0 Å². The first-order valence-electron chi connectivity index (χ1n) is 7.23. The highest BCUT2D eigenvalue weighted by atomic mass is 19.4. The van der Waals surface area contributed by atoms with Crippen LogP contribution in [0.15, 0.2) is 48.5 Å². The molecule has 2 aromatic rings. The predicted octanol–water partition coefficient (Wildman–Crippen LogP) is 3.13. The zero-order chi connectivity index (χ0) is 17.5. The van der Waals surface area contributed by atoms with Gasteiger partial charge in [-0.25, -0.2) is 0 Å². The molecule has 2 aromatic carbocycles. The van der Waals surface area contributed by atoms with E-state index in [9.17, 15) is 18.0 Å². The lowest BCUT2D eigenvalue weighted by molar-refractivity contribution is -0.137. The quantitative estimate of drug-likeness (QED) is 0.876. The fourth-order valence-electron chi connectivity index (χ4n) is 2.77. The number of carbonyl (C=O) groups is 1. The van der Waals surface area contributed by atoms with Crippen molar-refractivity contribution in [2.45, 2.75) is 18.3 Å². The van der Waals surface area contributed by atoms with E-state index >= 15 is 0 Å². The molecule has 1 heterocycles. The van der Waals surface area contributed by atoms with Gasteiger partial charge in [0.2, 0.25) is 5.91 Å². The van der Waals surface area contributed by atoms with Gasteiger partial charge in [0.05, 0.1) is 18.7 Å². The Morgan fingerprint density at radius 3 is 2.12 bits per heavy atom. The summed E-state index contributed by atoms with van der Waals surface area (Å²) in [7, 11) is 1.54. The Morgan fingerprint density at radius 2 is 1.62 bits per heavy atom. The van der Waals surface area contributed by atoms with Crippen LogP contribution in [0.1, 0.15) is 17.2 Å². The minimum atomic E-state index is -4.41. The number of rotatable bonds is 3. The SMILES string of the molecule is COc1ccc(C2C(N)C(=O)N2c2ccc(C(F)(F)F)cc2)cc1. The second kappa shape index (κ2) is 5.83. The summed E-state index contributed by atoms with van der Waals surface area (Å²) in [6.45, 7) is 0. The minimum Gasteiger partial charge on any atom is -0.497 e. The van der Waals surface area contributed by atoms with Crippen LogP contribution in [0.4, 0.5) is 18.9 Å². The first kappa shape index (κ1) is 16.3. The van der Waals surface area contributed by atoms with Gasteiger partial charge in [-0.3, -0.25) is 4.79 Å². The van der Waals surface area contributed by atoms with E-state index in [-0.39, 0.29) is 5.91 Å². The summed E-state index contributed by atoms with van der Waals surface area (Å²) in [5.41, 5.74) is 6.31. The molecule has 3 rings (SSSR count). The highest BCUT2D eigenvalue weighted by molar-refractivity contribution is 6.05. The van der Waals surface area contributed by atoms with E-state index in [2.05, 4.69) is 0 Å². The number of ether oxygens (including phenoxy) is 1. The molecule has 0 radical (unpaired) electrons. The van der Waals surface area contributed by atoms with Crippen molar-refractivity contribution >= 4 is 11.6 Å². The van der Waals surface area contributed by atoms with E-state index in [0.717, 1.165) is 17.7 Å². The molecule has 2 unspecified atom stereocenters. The Bertz CT molecular complexity index is 742. The minimum absolute atomic E-state index is 0.324. The van der Waals surface area contributed by atoms with Gasteiger partial charge in [-0.2, -0.15) is 13.2 Å². The summed E-state index contributed by atoms with van der Waals surface area (Å²) in [5.74, 6) is 0.342. The Labute approximate surface area is 136 Å². The average Bonchev–Trinajstić information content (AvgIpc) is 2.58. The van der Waals surface area contributed by atoms with Gasteiger partial charge in [-0.1, -0.05) is 12.1 Å². The van der Waals surface area contributed by atoms with Crippen molar-refractivity contribution < 1.29 is 22.7 Å². The van der Waals surface area contributed by atoms with Crippen molar-refractivity contribution in [2.75, 3.05) is 12.0 Å². The number of nitrogens with two attached hydrogens (primary N) is 1. The molecule has 2 N–H and O–H groups in total. The number of anilines is 1. The molecular weight excluding hydrogens is 321 g/mol. The highest BCUT2D eigenvalue weighted by Gasteiger charge is 2.46. The largest absolute Gasteiger partial charge is 0.497 e. The van der Waals surface area contributed by atoms with Crippen molar-refractivity contribution in [1.82, 2.24) is 0 Å². The summed E-state index contributed by atoms with van der Waals surface area (Å²) >= 11 is 0. The lowest BCUT2D eigenvalue weighted by Gasteiger charge is -2.45. The van der Waals surface area contributed by atoms with Gasteiger partial charge in [0.15, 0.2) is 0 Å². The fraction of sp³-hybridized carbons (Fsp3) is 0.235. The maximum atomic E-state index is 12.7. The molecule has 2 atom stereocenters. The van der Waals surface area contributed by atoms with Crippen LogP contribution in [0.25, 0.3) is 0 Å². The van der Waals surface area contributed by atoms with Crippen LogP contribution in [0, 0.1) is 0 Å². The lowest BCUT2D eigenvalue weighted by atomic mass is 9.88. The maximum absolute atomic E-state index is 12.7. The standard InChI is InChI=1S/C17H15F3N2O2/c1-24-13-8-2-10(3-9-13)15-14(21)16(23)22(15)12-6-4-11(5-7-12)17(18,19)20/h2-9,14-15H,21H2,1H3. The van der Waals surface area contributed by atoms with E-state index in [1.165, 1.54) is 17.0 Å². The van der Waals surface area contributed by atoms with Crippen LogP contribution in [-0.2, 0) is 11.0 Å². The lowest BCUT2D eigenvalue weighted by Crippen LogP contribution is -2.63. The smallest absolute Gasteiger partial charge is 0.416 e. The highest BCUT2D eigenvalue weighted by Crippen LogP contribution is 2.39. The van der Waals surface area contributed by atoms with E-state index in [1.807, 2.05) is 0 Å². The monoisotopic (exact) mass is 336 g/mol. The summed E-state index contributed by atoms with van der Waals surface area (Å²) < 4.78 is 43.1. The van der Waals surface area contributed by atoms with Crippen molar-refractivity contribution in [2.24, 2.45) is 5.73 Å². The average molecular weight is 336 g/mol. The zero-order valence-corrected chi connectivity index (χ0v) is 12.7. The Kier molecular flexibility index (Phi) is 3.96. The van der Waals surface area contributed by atoms with Crippen molar-refractivity contribution in [3.8, 4) is 5.75 Å². The first-order chi connectivity index (χ1) is 11.3. The van der Waals surface area contributed by atoms with Gasteiger partial charge < -0.3 is 15.4 Å². The molecule has 1 aliphatic rings. The van der Waals surface area contributed by atoms with Gasteiger partial charge in [0, 0.05) is 5.69 Å². The van der Waals surface area contributed by atoms with E-state index in [0.29, 0.717) is 11.4 Å². The number of benzene rings is 2. The van der Waals surface area contributed by atoms with Gasteiger partial charge in [0.1, 0.15) is 11.8 Å². The molecule has 126 valence electrons. The predicted molar refractivity (Wildman–Crippen MR) is 82.6 cm³/mol.